The number of carbonyl (C=O) groups excluding carboxylic acids is 1. The number of unbranched alkanes of at least 4 members (excludes halogenated alkanes) is 14. The molecule has 0 amide bonds. The number of carbonyl (C=O) groups is 1. The highest BCUT2D eigenvalue weighted by Gasteiger charge is 2.40. The van der Waals surface area contributed by atoms with Crippen LogP contribution in [0.4, 0.5) is 0 Å². The maximum atomic E-state index is 11.6. The maximum Gasteiger partial charge on any atom is 0.334 e. The van der Waals surface area contributed by atoms with Crippen molar-refractivity contribution < 1.29 is 29.2 Å². The van der Waals surface area contributed by atoms with E-state index >= 15 is 0 Å². The number of hydrogen-bond donors (Lipinski definition) is 2. The van der Waals surface area contributed by atoms with Gasteiger partial charge in [0.25, 0.3) is 0 Å². The van der Waals surface area contributed by atoms with E-state index < -0.39 is 0 Å². The average Bonchev–Trinajstić information content (AvgIpc) is 3.71. The summed E-state index contributed by atoms with van der Waals surface area (Å²) in [5.41, 5.74) is 0.858. The van der Waals surface area contributed by atoms with Gasteiger partial charge in [-0.05, 0) is 64.4 Å². The van der Waals surface area contributed by atoms with Crippen LogP contribution in [0.5, 0.6) is 0 Å². The summed E-state index contributed by atoms with van der Waals surface area (Å²) >= 11 is 0. The molecule has 3 aliphatic heterocycles. The third kappa shape index (κ3) is 13.1. The number of cyclic esters (lactones) is 1. The second kappa shape index (κ2) is 20.1. The third-order valence-electron chi connectivity index (χ3n) is 9.48. The van der Waals surface area contributed by atoms with Gasteiger partial charge in [0.2, 0.25) is 0 Å². The molecule has 3 heterocycles. The van der Waals surface area contributed by atoms with Crippen molar-refractivity contribution in [1.29, 1.82) is 0 Å². The van der Waals surface area contributed by atoms with Crippen molar-refractivity contribution in [2.45, 2.75) is 204 Å². The minimum atomic E-state index is -0.385. The van der Waals surface area contributed by atoms with E-state index in [1.54, 1.807) is 0 Å². The average molecular weight is 579 g/mol. The lowest BCUT2D eigenvalue weighted by Gasteiger charge is -2.24. The Morgan fingerprint density at radius 2 is 1.12 bits per heavy atom. The van der Waals surface area contributed by atoms with Crippen LogP contribution in [-0.4, -0.2) is 58.9 Å². The molecule has 6 nitrogen and oxygen atoms in total. The van der Waals surface area contributed by atoms with Crippen molar-refractivity contribution in [3.8, 4) is 0 Å². The van der Waals surface area contributed by atoms with Crippen LogP contribution in [0.3, 0.4) is 0 Å². The molecular formula is C35H62O6. The highest BCUT2D eigenvalue weighted by molar-refractivity contribution is 5.90. The van der Waals surface area contributed by atoms with Crippen molar-refractivity contribution in [1.82, 2.24) is 0 Å². The van der Waals surface area contributed by atoms with Gasteiger partial charge in [-0.25, -0.2) is 4.79 Å². The molecule has 0 radical (unpaired) electrons. The molecule has 2 fully saturated rings. The molecule has 6 heteroatoms. The molecule has 0 spiro atoms. The molecule has 7 atom stereocenters. The van der Waals surface area contributed by atoms with Gasteiger partial charge in [-0.1, -0.05) is 103 Å². The molecule has 0 aromatic rings. The first kappa shape index (κ1) is 34.5. The predicted octanol–water partition coefficient (Wildman–Crippen LogP) is 8.11. The van der Waals surface area contributed by atoms with Gasteiger partial charge in [0.05, 0.1) is 36.6 Å². The number of hydrogen-bond acceptors (Lipinski definition) is 6. The minimum absolute atomic E-state index is 0.0514. The number of aliphatic hydroxyl groups is 2. The number of aliphatic hydroxyl groups excluding tert-OH is 2. The zero-order chi connectivity index (χ0) is 29.3. The monoisotopic (exact) mass is 578 g/mol. The van der Waals surface area contributed by atoms with E-state index in [-0.39, 0.29) is 48.7 Å². The molecule has 0 aromatic carbocycles. The van der Waals surface area contributed by atoms with E-state index in [1.165, 1.54) is 77.0 Å². The Labute approximate surface area is 251 Å². The molecule has 0 aliphatic carbocycles. The Morgan fingerprint density at radius 1 is 0.683 bits per heavy atom. The third-order valence-corrected chi connectivity index (χ3v) is 9.48. The van der Waals surface area contributed by atoms with Crippen molar-refractivity contribution in [2.75, 3.05) is 0 Å². The fourth-order valence-electron chi connectivity index (χ4n) is 6.90. The summed E-state index contributed by atoms with van der Waals surface area (Å²) < 4.78 is 17.7. The van der Waals surface area contributed by atoms with Gasteiger partial charge < -0.3 is 24.4 Å². The van der Waals surface area contributed by atoms with Crippen LogP contribution in [-0.2, 0) is 19.0 Å². The largest absolute Gasteiger partial charge is 0.455 e. The SMILES string of the molecule is CCCCCCCCCC[C@@H](O)[C@@H]1CC[C@H]([C@H]2CC[C@@H]([C@@H](O)CCCCCCCCCCC3=C[C@H](C)OC3=O)O2)O1. The van der Waals surface area contributed by atoms with Crippen LogP contribution >= 0.6 is 0 Å². The van der Waals surface area contributed by atoms with E-state index in [0.717, 1.165) is 76.2 Å². The van der Waals surface area contributed by atoms with Crippen LogP contribution in [0, 0.1) is 0 Å². The summed E-state index contributed by atoms with van der Waals surface area (Å²) in [6.07, 6.45) is 27.0. The quantitative estimate of drug-likeness (QED) is 0.0941. The van der Waals surface area contributed by atoms with Gasteiger partial charge in [-0.3, -0.25) is 0 Å². The van der Waals surface area contributed by atoms with Crippen molar-refractivity contribution in [3.05, 3.63) is 11.6 Å². The molecule has 0 bridgehead atoms. The Balaban J connectivity index is 1.14. The van der Waals surface area contributed by atoms with Crippen LogP contribution in [0.15, 0.2) is 11.6 Å². The summed E-state index contributed by atoms with van der Waals surface area (Å²) in [4.78, 5) is 11.6. The molecule has 0 saturated carbocycles. The fourth-order valence-corrected chi connectivity index (χ4v) is 6.90. The summed E-state index contributed by atoms with van der Waals surface area (Å²) in [7, 11) is 0. The number of esters is 1. The smallest absolute Gasteiger partial charge is 0.334 e. The van der Waals surface area contributed by atoms with Gasteiger partial charge in [-0.2, -0.15) is 0 Å². The van der Waals surface area contributed by atoms with Crippen molar-refractivity contribution in [2.24, 2.45) is 0 Å². The maximum absolute atomic E-state index is 11.6. The Bertz CT molecular complexity index is 738. The first-order valence-electron chi connectivity index (χ1n) is 17.6. The molecule has 238 valence electrons. The lowest BCUT2D eigenvalue weighted by Crippen LogP contribution is -2.33. The Kier molecular flexibility index (Phi) is 16.9. The van der Waals surface area contributed by atoms with E-state index in [9.17, 15) is 15.0 Å². The van der Waals surface area contributed by atoms with Crippen LogP contribution in [0.1, 0.15) is 162 Å². The van der Waals surface area contributed by atoms with E-state index in [1.807, 2.05) is 13.0 Å². The van der Waals surface area contributed by atoms with E-state index in [2.05, 4.69) is 6.92 Å². The standard InChI is InChI=1S/C35H62O6/c1-3-4-5-6-7-11-14-17-20-29(36)31-22-24-33(40-31)34-25-23-32(41-34)30(37)21-18-15-12-9-8-10-13-16-19-28-26-27(2)39-35(28)38/h26-27,29-34,36-37H,3-25H2,1-2H3/t27-,29+,30-,31-,32-,33+,34+/m0/s1. The first-order chi connectivity index (χ1) is 20.0. The lowest BCUT2D eigenvalue weighted by atomic mass is 10.0. The van der Waals surface area contributed by atoms with Gasteiger partial charge in [0, 0.05) is 5.57 Å². The summed E-state index contributed by atoms with van der Waals surface area (Å²) in [6.45, 7) is 4.17. The molecule has 2 N–H and O–H groups in total. The van der Waals surface area contributed by atoms with Crippen LogP contribution in [0.2, 0.25) is 0 Å². The molecule has 3 aliphatic rings. The number of rotatable bonds is 23. The summed E-state index contributed by atoms with van der Waals surface area (Å²) in [6, 6.07) is 0. The zero-order valence-corrected chi connectivity index (χ0v) is 26.4. The first-order valence-corrected chi connectivity index (χ1v) is 17.6. The van der Waals surface area contributed by atoms with Gasteiger partial charge in [-0.15, -0.1) is 0 Å². The number of ether oxygens (including phenoxy) is 3. The van der Waals surface area contributed by atoms with E-state index in [0.29, 0.717) is 0 Å². The predicted molar refractivity (Wildman–Crippen MR) is 165 cm³/mol. The summed E-state index contributed by atoms with van der Waals surface area (Å²) in [5.74, 6) is -0.127. The zero-order valence-electron chi connectivity index (χ0n) is 26.4. The molecule has 0 unspecified atom stereocenters. The van der Waals surface area contributed by atoms with Gasteiger partial charge >= 0.3 is 5.97 Å². The van der Waals surface area contributed by atoms with Gasteiger partial charge in [0.1, 0.15) is 6.10 Å². The molecule has 3 rings (SSSR count). The molecule has 0 aromatic heterocycles. The van der Waals surface area contributed by atoms with Crippen LogP contribution < -0.4 is 0 Å². The lowest BCUT2D eigenvalue weighted by molar-refractivity contribution is -0.139. The minimum Gasteiger partial charge on any atom is -0.455 e. The fraction of sp³-hybridized carbons (Fsp3) is 0.914. The Morgan fingerprint density at radius 3 is 1.56 bits per heavy atom. The van der Waals surface area contributed by atoms with Gasteiger partial charge in [0.15, 0.2) is 0 Å². The molecule has 2 saturated heterocycles. The normalized spacial score (nSPS) is 27.8. The highest BCUT2D eigenvalue weighted by Crippen LogP contribution is 2.34. The second-order valence-electron chi connectivity index (χ2n) is 13.1. The highest BCUT2D eigenvalue weighted by atomic mass is 16.6. The molecule has 41 heavy (non-hydrogen) atoms. The van der Waals surface area contributed by atoms with Crippen molar-refractivity contribution >= 4 is 5.97 Å². The van der Waals surface area contributed by atoms with Crippen molar-refractivity contribution in [3.63, 3.8) is 0 Å². The topological polar surface area (TPSA) is 85.2 Å². The van der Waals surface area contributed by atoms with E-state index in [4.69, 9.17) is 14.2 Å². The molecular weight excluding hydrogens is 516 g/mol. The summed E-state index contributed by atoms with van der Waals surface area (Å²) in [5, 5.41) is 21.4. The Hall–Kier alpha value is -0.950. The second-order valence-corrected chi connectivity index (χ2v) is 13.1. The van der Waals surface area contributed by atoms with Crippen LogP contribution in [0.25, 0.3) is 0 Å².